The van der Waals surface area contributed by atoms with Crippen molar-refractivity contribution in [2.45, 2.75) is 26.0 Å². The SMILES string of the molecule is CNC(=O)C[C@@H](C)N(C)C(=O)c1cc(COc2ccccc2)[nH]n1. The minimum absolute atomic E-state index is 0.110. The number of rotatable bonds is 7. The molecule has 0 aliphatic rings. The van der Waals surface area contributed by atoms with Crippen LogP contribution in [-0.4, -0.2) is 47.0 Å². The van der Waals surface area contributed by atoms with E-state index in [0.717, 1.165) is 5.75 Å². The van der Waals surface area contributed by atoms with Crippen molar-refractivity contribution in [3.63, 3.8) is 0 Å². The van der Waals surface area contributed by atoms with Crippen molar-refractivity contribution < 1.29 is 14.3 Å². The monoisotopic (exact) mass is 330 g/mol. The van der Waals surface area contributed by atoms with E-state index in [9.17, 15) is 9.59 Å². The number of benzene rings is 1. The standard InChI is InChI=1S/C17H22N4O3/c1-12(9-16(22)18-2)21(3)17(23)15-10-13(19-20-15)11-24-14-7-5-4-6-8-14/h4-8,10,12H,9,11H2,1-3H3,(H,18,22)(H,19,20)/t12-/m1/s1. The van der Waals surface area contributed by atoms with Gasteiger partial charge in [-0.3, -0.25) is 14.7 Å². The molecule has 24 heavy (non-hydrogen) atoms. The number of aromatic nitrogens is 2. The predicted molar refractivity (Wildman–Crippen MR) is 89.6 cm³/mol. The summed E-state index contributed by atoms with van der Waals surface area (Å²) in [6.45, 7) is 2.11. The van der Waals surface area contributed by atoms with E-state index in [4.69, 9.17) is 4.74 Å². The highest BCUT2D eigenvalue weighted by Crippen LogP contribution is 2.12. The normalized spacial score (nSPS) is 11.6. The maximum Gasteiger partial charge on any atom is 0.274 e. The van der Waals surface area contributed by atoms with Gasteiger partial charge in [0.05, 0.1) is 5.69 Å². The molecule has 2 N–H and O–H groups in total. The van der Waals surface area contributed by atoms with Crippen molar-refractivity contribution in [2.75, 3.05) is 14.1 Å². The van der Waals surface area contributed by atoms with Crippen molar-refractivity contribution >= 4 is 11.8 Å². The highest BCUT2D eigenvalue weighted by atomic mass is 16.5. The molecule has 0 saturated heterocycles. The van der Waals surface area contributed by atoms with E-state index in [1.54, 1.807) is 20.2 Å². The number of hydrogen-bond donors (Lipinski definition) is 2. The lowest BCUT2D eigenvalue weighted by Gasteiger charge is -2.23. The first-order valence-electron chi connectivity index (χ1n) is 7.71. The average Bonchev–Trinajstić information content (AvgIpc) is 3.08. The Balaban J connectivity index is 1.93. The van der Waals surface area contributed by atoms with E-state index in [1.165, 1.54) is 4.90 Å². The average molecular weight is 330 g/mol. The zero-order valence-electron chi connectivity index (χ0n) is 14.1. The second-order valence-corrected chi connectivity index (χ2v) is 5.52. The molecule has 0 fully saturated rings. The lowest BCUT2D eigenvalue weighted by Crippen LogP contribution is -2.38. The molecule has 0 unspecified atom stereocenters. The van der Waals surface area contributed by atoms with Gasteiger partial charge in [0.25, 0.3) is 5.91 Å². The minimum atomic E-state index is -0.242. The summed E-state index contributed by atoms with van der Waals surface area (Å²) in [4.78, 5) is 25.3. The largest absolute Gasteiger partial charge is 0.487 e. The molecule has 1 aromatic carbocycles. The van der Waals surface area contributed by atoms with Crippen molar-refractivity contribution in [3.8, 4) is 5.75 Å². The van der Waals surface area contributed by atoms with Gasteiger partial charge in [-0.25, -0.2) is 0 Å². The summed E-state index contributed by atoms with van der Waals surface area (Å²) in [6.07, 6.45) is 0.243. The Morgan fingerprint density at radius 3 is 2.71 bits per heavy atom. The quantitative estimate of drug-likeness (QED) is 0.807. The number of amides is 2. The first-order chi connectivity index (χ1) is 11.5. The van der Waals surface area contributed by atoms with Gasteiger partial charge in [-0.15, -0.1) is 0 Å². The van der Waals surface area contributed by atoms with Crippen LogP contribution < -0.4 is 10.1 Å². The molecule has 0 saturated carbocycles. The van der Waals surface area contributed by atoms with Crippen LogP contribution in [0.5, 0.6) is 5.75 Å². The molecule has 0 aliphatic heterocycles. The third-order valence-corrected chi connectivity index (χ3v) is 3.73. The van der Waals surface area contributed by atoms with E-state index >= 15 is 0 Å². The fourth-order valence-electron chi connectivity index (χ4n) is 2.11. The molecule has 0 aliphatic carbocycles. The first-order valence-corrected chi connectivity index (χ1v) is 7.71. The Labute approximate surface area is 141 Å². The summed E-state index contributed by atoms with van der Waals surface area (Å²) in [5.74, 6) is 0.394. The summed E-state index contributed by atoms with van der Waals surface area (Å²) in [5, 5.41) is 9.39. The van der Waals surface area contributed by atoms with Gasteiger partial charge in [-0.2, -0.15) is 5.10 Å². The second-order valence-electron chi connectivity index (χ2n) is 5.52. The summed E-state index contributed by atoms with van der Waals surface area (Å²) in [5.41, 5.74) is 1.00. The predicted octanol–water partition coefficient (Wildman–Crippen LogP) is 1.59. The van der Waals surface area contributed by atoms with Gasteiger partial charge in [0.2, 0.25) is 5.91 Å². The Kier molecular flexibility index (Phi) is 5.95. The second kappa shape index (κ2) is 8.14. The number of para-hydroxylation sites is 1. The summed E-state index contributed by atoms with van der Waals surface area (Å²) < 4.78 is 5.61. The molecule has 0 spiro atoms. The van der Waals surface area contributed by atoms with Crippen LogP contribution in [0.2, 0.25) is 0 Å². The molecular weight excluding hydrogens is 308 g/mol. The zero-order valence-corrected chi connectivity index (χ0v) is 14.1. The van der Waals surface area contributed by atoms with Crippen LogP contribution in [0.25, 0.3) is 0 Å². The number of hydrogen-bond acceptors (Lipinski definition) is 4. The van der Waals surface area contributed by atoms with Crippen LogP contribution in [0.15, 0.2) is 36.4 Å². The van der Waals surface area contributed by atoms with Gasteiger partial charge >= 0.3 is 0 Å². The Morgan fingerprint density at radius 1 is 1.33 bits per heavy atom. The smallest absolute Gasteiger partial charge is 0.274 e. The Hall–Kier alpha value is -2.83. The Bertz CT molecular complexity index is 684. The molecule has 1 aromatic heterocycles. The third kappa shape index (κ3) is 4.58. The number of nitrogens with zero attached hydrogens (tertiary/aromatic N) is 2. The topological polar surface area (TPSA) is 87.3 Å². The maximum absolute atomic E-state index is 12.4. The van der Waals surface area contributed by atoms with Gasteiger partial charge in [0.1, 0.15) is 12.4 Å². The van der Waals surface area contributed by atoms with Gasteiger partial charge in [0, 0.05) is 26.6 Å². The molecule has 2 amide bonds. The molecule has 1 atom stereocenters. The number of carbonyl (C=O) groups excluding carboxylic acids is 2. The number of carbonyl (C=O) groups is 2. The van der Waals surface area contributed by atoms with Gasteiger partial charge in [0.15, 0.2) is 5.69 Å². The van der Waals surface area contributed by atoms with Gasteiger partial charge < -0.3 is 15.0 Å². The lowest BCUT2D eigenvalue weighted by molar-refractivity contribution is -0.121. The molecular formula is C17H22N4O3. The lowest BCUT2D eigenvalue weighted by atomic mass is 10.2. The molecule has 2 aromatic rings. The fourth-order valence-corrected chi connectivity index (χ4v) is 2.11. The molecule has 1 heterocycles. The summed E-state index contributed by atoms with van der Waals surface area (Å²) >= 11 is 0. The Morgan fingerprint density at radius 2 is 2.04 bits per heavy atom. The third-order valence-electron chi connectivity index (χ3n) is 3.73. The van der Waals surface area contributed by atoms with E-state index in [2.05, 4.69) is 15.5 Å². The molecule has 7 heteroatoms. The van der Waals surface area contributed by atoms with Crippen molar-refractivity contribution in [1.82, 2.24) is 20.4 Å². The maximum atomic E-state index is 12.4. The van der Waals surface area contributed by atoms with Crippen LogP contribution in [0.1, 0.15) is 29.5 Å². The highest BCUT2D eigenvalue weighted by Gasteiger charge is 2.21. The van der Waals surface area contributed by atoms with Crippen molar-refractivity contribution in [3.05, 3.63) is 47.8 Å². The molecule has 7 nitrogen and oxygen atoms in total. The van der Waals surface area contributed by atoms with E-state index in [-0.39, 0.29) is 24.3 Å². The number of nitrogens with one attached hydrogen (secondary N) is 2. The van der Waals surface area contributed by atoms with E-state index in [0.29, 0.717) is 18.0 Å². The van der Waals surface area contributed by atoms with Crippen LogP contribution in [0, 0.1) is 0 Å². The van der Waals surface area contributed by atoms with Gasteiger partial charge in [-0.05, 0) is 25.1 Å². The summed E-state index contributed by atoms with van der Waals surface area (Å²) in [6, 6.07) is 10.8. The van der Waals surface area contributed by atoms with Crippen molar-refractivity contribution in [2.24, 2.45) is 0 Å². The fraction of sp³-hybridized carbons (Fsp3) is 0.353. The van der Waals surface area contributed by atoms with Crippen LogP contribution in [0.3, 0.4) is 0 Å². The number of H-pyrrole nitrogens is 1. The summed E-state index contributed by atoms with van der Waals surface area (Å²) in [7, 11) is 3.23. The van der Waals surface area contributed by atoms with Crippen molar-refractivity contribution in [1.29, 1.82) is 0 Å². The number of ether oxygens (including phenoxy) is 1. The van der Waals surface area contributed by atoms with Crippen LogP contribution >= 0.6 is 0 Å². The highest BCUT2D eigenvalue weighted by molar-refractivity contribution is 5.92. The van der Waals surface area contributed by atoms with E-state index < -0.39 is 0 Å². The number of aromatic amines is 1. The van der Waals surface area contributed by atoms with Gasteiger partial charge in [-0.1, -0.05) is 18.2 Å². The molecule has 0 bridgehead atoms. The van der Waals surface area contributed by atoms with Crippen LogP contribution in [-0.2, 0) is 11.4 Å². The molecule has 2 rings (SSSR count). The first kappa shape index (κ1) is 17.5. The molecule has 0 radical (unpaired) electrons. The zero-order chi connectivity index (χ0) is 17.5. The van der Waals surface area contributed by atoms with Crippen LogP contribution in [0.4, 0.5) is 0 Å². The van der Waals surface area contributed by atoms with E-state index in [1.807, 2.05) is 37.3 Å². The molecule has 128 valence electrons. The minimum Gasteiger partial charge on any atom is -0.487 e.